The quantitative estimate of drug-likeness (QED) is 0.543. The average Bonchev–Trinajstić information content (AvgIpc) is 2.90. The number of piperazine rings is 1. The maximum Gasteiger partial charge on any atom is 0.416 e. The largest absolute Gasteiger partial charge is 0.416 e. The van der Waals surface area contributed by atoms with Crippen LogP contribution >= 0.6 is 0 Å². The second-order valence-corrected chi connectivity index (χ2v) is 9.90. The smallest absolute Gasteiger partial charge is 0.370 e. The molecule has 0 spiro atoms. The van der Waals surface area contributed by atoms with Gasteiger partial charge >= 0.3 is 12.4 Å². The van der Waals surface area contributed by atoms with Crippen LogP contribution in [-0.4, -0.2) is 71.1 Å². The Hall–Kier alpha value is -4.10. The second kappa shape index (κ2) is 11.1. The number of amides is 4. The van der Waals surface area contributed by atoms with Gasteiger partial charge in [-0.2, -0.15) is 26.3 Å². The predicted octanol–water partition coefficient (Wildman–Crippen LogP) is 3.57. The minimum absolute atomic E-state index is 0.0250. The average molecular weight is 585 g/mol. The maximum absolute atomic E-state index is 14.1. The van der Waals surface area contributed by atoms with Crippen LogP contribution in [0, 0.1) is 0 Å². The second-order valence-electron chi connectivity index (χ2n) is 9.90. The lowest BCUT2D eigenvalue weighted by atomic mass is 9.78. The van der Waals surface area contributed by atoms with Crippen molar-refractivity contribution in [1.82, 2.24) is 14.7 Å². The van der Waals surface area contributed by atoms with Crippen LogP contribution in [-0.2, 0) is 26.7 Å². The van der Waals surface area contributed by atoms with Gasteiger partial charge < -0.3 is 20.4 Å². The first-order valence-electron chi connectivity index (χ1n) is 12.6. The fourth-order valence-electron chi connectivity index (χ4n) is 5.29. The molecule has 1 saturated heterocycles. The number of halogens is 6. The molecule has 2 aliphatic heterocycles. The number of fused-ring (bicyclic) bond motifs is 1. The molecular formula is C27H26F6N4O4. The fourth-order valence-corrected chi connectivity index (χ4v) is 5.29. The molecule has 0 saturated carbocycles. The summed E-state index contributed by atoms with van der Waals surface area (Å²) < 4.78 is 82.8. The molecule has 8 nitrogen and oxygen atoms in total. The summed E-state index contributed by atoms with van der Waals surface area (Å²) in [7, 11) is 0. The van der Waals surface area contributed by atoms with Crippen molar-refractivity contribution < 1.29 is 45.5 Å². The summed E-state index contributed by atoms with van der Waals surface area (Å²) in [6.45, 7) is 1.38. The summed E-state index contributed by atoms with van der Waals surface area (Å²) in [4.78, 5) is 54.9. The third-order valence-electron chi connectivity index (χ3n) is 7.29. The first-order chi connectivity index (χ1) is 19.1. The van der Waals surface area contributed by atoms with Gasteiger partial charge in [-0.15, -0.1) is 0 Å². The maximum atomic E-state index is 14.1. The molecule has 2 aromatic carbocycles. The molecule has 1 fully saturated rings. The predicted molar refractivity (Wildman–Crippen MR) is 132 cm³/mol. The molecule has 2 N–H and O–H groups in total. The van der Waals surface area contributed by atoms with Gasteiger partial charge in [0.15, 0.2) is 0 Å². The SMILES string of the molecule is CC(=O)N1CCN(C(=O)C2c3ccccc3C(=O)N(CCC(N)=O)C2c2cc(C(F)(F)F)cc(C(F)(F)F)c2)CC1. The van der Waals surface area contributed by atoms with Gasteiger partial charge in [0, 0.05) is 51.6 Å². The third kappa shape index (κ3) is 6.15. The van der Waals surface area contributed by atoms with Crippen LogP contribution in [0.25, 0.3) is 0 Å². The van der Waals surface area contributed by atoms with E-state index in [0.717, 1.165) is 4.90 Å². The number of alkyl halides is 6. The van der Waals surface area contributed by atoms with Crippen LogP contribution < -0.4 is 5.73 Å². The van der Waals surface area contributed by atoms with Crippen molar-refractivity contribution in [2.75, 3.05) is 32.7 Å². The topological polar surface area (TPSA) is 104 Å². The Bertz CT molecular complexity index is 1340. The minimum Gasteiger partial charge on any atom is -0.370 e. The standard InChI is InChI=1S/C27H26F6N4O4/c1-15(38)35-8-10-36(11-9-35)25(41)22-19-4-2-3-5-20(19)24(40)37(7-6-21(34)39)23(22)16-12-17(26(28,29)30)14-18(13-16)27(31,32)33/h2-5,12-14,22-23H,6-11H2,1H3,(H2,34,39). The van der Waals surface area contributed by atoms with E-state index in [1.165, 1.54) is 41.0 Å². The highest BCUT2D eigenvalue weighted by Crippen LogP contribution is 2.46. The van der Waals surface area contributed by atoms with Gasteiger partial charge in [0.1, 0.15) is 0 Å². The van der Waals surface area contributed by atoms with Crippen molar-refractivity contribution in [1.29, 1.82) is 0 Å². The van der Waals surface area contributed by atoms with E-state index < -0.39 is 71.7 Å². The van der Waals surface area contributed by atoms with Crippen LogP contribution in [0.2, 0.25) is 0 Å². The first kappa shape index (κ1) is 29.9. The monoisotopic (exact) mass is 584 g/mol. The molecule has 2 aliphatic rings. The van der Waals surface area contributed by atoms with Crippen LogP contribution in [0.5, 0.6) is 0 Å². The first-order valence-corrected chi connectivity index (χ1v) is 12.6. The highest BCUT2D eigenvalue weighted by Gasteiger charge is 2.47. The summed E-state index contributed by atoms with van der Waals surface area (Å²) in [6.07, 6.45) is -10.8. The van der Waals surface area contributed by atoms with Crippen LogP contribution in [0.4, 0.5) is 26.3 Å². The Labute approximate surface area is 230 Å². The Morgan fingerprint density at radius 3 is 1.93 bits per heavy atom. The van der Waals surface area contributed by atoms with Gasteiger partial charge in [0.05, 0.1) is 23.1 Å². The van der Waals surface area contributed by atoms with Crippen LogP contribution in [0.15, 0.2) is 42.5 Å². The van der Waals surface area contributed by atoms with Crippen molar-refractivity contribution in [2.45, 2.75) is 37.7 Å². The Morgan fingerprint density at radius 2 is 1.41 bits per heavy atom. The molecule has 4 amide bonds. The lowest BCUT2D eigenvalue weighted by Crippen LogP contribution is -2.54. The number of hydrogen-bond donors (Lipinski definition) is 1. The van der Waals surface area contributed by atoms with E-state index in [4.69, 9.17) is 5.73 Å². The molecule has 0 bridgehead atoms. The van der Waals surface area contributed by atoms with E-state index in [1.807, 2.05) is 0 Å². The summed E-state index contributed by atoms with van der Waals surface area (Å²) >= 11 is 0. The number of hydrogen-bond acceptors (Lipinski definition) is 4. The van der Waals surface area contributed by atoms with Crippen molar-refractivity contribution >= 4 is 23.6 Å². The number of nitrogens with two attached hydrogens (primary N) is 1. The number of primary amides is 1. The van der Waals surface area contributed by atoms with Crippen molar-refractivity contribution in [3.05, 3.63) is 70.3 Å². The van der Waals surface area contributed by atoms with Crippen molar-refractivity contribution in [2.24, 2.45) is 5.73 Å². The molecular weight excluding hydrogens is 558 g/mol. The van der Waals surface area contributed by atoms with E-state index in [2.05, 4.69) is 0 Å². The third-order valence-corrected chi connectivity index (χ3v) is 7.29. The zero-order valence-electron chi connectivity index (χ0n) is 21.8. The Kier molecular flexibility index (Phi) is 8.05. The zero-order valence-corrected chi connectivity index (χ0v) is 21.8. The lowest BCUT2D eigenvalue weighted by Gasteiger charge is -2.44. The fraction of sp³-hybridized carbons (Fsp3) is 0.407. The molecule has 2 unspecified atom stereocenters. The van der Waals surface area contributed by atoms with Gasteiger partial charge in [0.25, 0.3) is 5.91 Å². The number of carbonyl (C=O) groups excluding carboxylic acids is 4. The zero-order chi connectivity index (χ0) is 30.3. The molecule has 0 radical (unpaired) electrons. The van der Waals surface area contributed by atoms with Gasteiger partial charge in [-0.25, -0.2) is 0 Å². The molecule has 0 aromatic heterocycles. The molecule has 2 atom stereocenters. The van der Waals surface area contributed by atoms with Gasteiger partial charge in [-0.3, -0.25) is 19.2 Å². The molecule has 4 rings (SSSR count). The highest BCUT2D eigenvalue weighted by atomic mass is 19.4. The van der Waals surface area contributed by atoms with Crippen molar-refractivity contribution in [3.8, 4) is 0 Å². The van der Waals surface area contributed by atoms with E-state index >= 15 is 0 Å². The number of rotatable bonds is 5. The highest BCUT2D eigenvalue weighted by molar-refractivity contribution is 6.01. The van der Waals surface area contributed by atoms with Crippen LogP contribution in [0.1, 0.15) is 57.9 Å². The van der Waals surface area contributed by atoms with Gasteiger partial charge in [-0.1, -0.05) is 18.2 Å². The molecule has 2 aromatic rings. The molecule has 220 valence electrons. The van der Waals surface area contributed by atoms with Gasteiger partial charge in [-0.05, 0) is 35.4 Å². The molecule has 14 heteroatoms. The number of benzene rings is 2. The van der Waals surface area contributed by atoms with Crippen LogP contribution in [0.3, 0.4) is 0 Å². The van der Waals surface area contributed by atoms with Crippen molar-refractivity contribution in [3.63, 3.8) is 0 Å². The normalized spacial score (nSPS) is 19.7. The summed E-state index contributed by atoms with van der Waals surface area (Å²) in [5.41, 5.74) is 1.63. The van der Waals surface area contributed by atoms with E-state index in [1.54, 1.807) is 0 Å². The Morgan fingerprint density at radius 1 is 0.878 bits per heavy atom. The van der Waals surface area contributed by atoms with Gasteiger partial charge in [0.2, 0.25) is 17.7 Å². The summed E-state index contributed by atoms with van der Waals surface area (Å²) in [6, 6.07) is 5.15. The molecule has 2 heterocycles. The number of nitrogens with zero attached hydrogens (tertiary/aromatic N) is 3. The molecule has 41 heavy (non-hydrogen) atoms. The van der Waals surface area contributed by atoms with E-state index in [9.17, 15) is 45.5 Å². The summed E-state index contributed by atoms with van der Waals surface area (Å²) in [5, 5.41) is 0. The lowest BCUT2D eigenvalue weighted by molar-refractivity contribution is -0.143. The molecule has 0 aliphatic carbocycles. The Balaban J connectivity index is 1.92. The minimum atomic E-state index is -5.17. The number of carbonyl (C=O) groups is 4. The van der Waals surface area contributed by atoms with E-state index in [0.29, 0.717) is 12.1 Å². The summed E-state index contributed by atoms with van der Waals surface area (Å²) in [5.74, 6) is -3.91. The van der Waals surface area contributed by atoms with E-state index in [-0.39, 0.29) is 49.3 Å².